The summed E-state index contributed by atoms with van der Waals surface area (Å²) >= 11 is 0. The first-order valence-electron chi connectivity index (χ1n) is 15.9. The fourth-order valence-corrected chi connectivity index (χ4v) is 8.51. The maximum absolute atomic E-state index is 2.44. The molecule has 0 heteroatoms. The Morgan fingerprint density at radius 3 is 1.53 bits per heavy atom. The number of allylic oxidation sites excluding steroid dienone is 1. The van der Waals surface area contributed by atoms with Crippen LogP contribution in [0.1, 0.15) is 36.1 Å². The van der Waals surface area contributed by atoms with Gasteiger partial charge in [-0.1, -0.05) is 147 Å². The van der Waals surface area contributed by atoms with Crippen LogP contribution in [-0.4, -0.2) is 0 Å². The summed E-state index contributed by atoms with van der Waals surface area (Å²) in [5, 5.41) is 10.6. The highest BCUT2D eigenvalue weighted by Crippen LogP contribution is 2.59. The summed E-state index contributed by atoms with van der Waals surface area (Å²) in [7, 11) is 0. The summed E-state index contributed by atoms with van der Waals surface area (Å²) < 4.78 is 0. The first kappa shape index (κ1) is 24.9. The summed E-state index contributed by atoms with van der Waals surface area (Å²) in [6.07, 6.45) is 0. The molecule has 0 radical (unpaired) electrons. The van der Waals surface area contributed by atoms with Gasteiger partial charge in [-0.3, -0.25) is 0 Å². The Kier molecular flexibility index (Phi) is 4.88. The van der Waals surface area contributed by atoms with Gasteiger partial charge >= 0.3 is 0 Å². The van der Waals surface area contributed by atoms with Crippen molar-refractivity contribution in [2.75, 3.05) is 0 Å². The van der Waals surface area contributed by atoms with Gasteiger partial charge < -0.3 is 0 Å². The molecule has 0 unspecified atom stereocenters. The third-order valence-corrected chi connectivity index (χ3v) is 10.6. The summed E-state index contributed by atoms with van der Waals surface area (Å²) in [6.45, 7) is 4.78. The summed E-state index contributed by atoms with van der Waals surface area (Å²) in [5.41, 5.74) is 13.5. The van der Waals surface area contributed by atoms with Gasteiger partial charge in [0.2, 0.25) is 0 Å². The normalized spacial score (nSPS) is 14.5. The minimum absolute atomic E-state index is 0.0358. The SMILES string of the molecule is CC1(C)C2=C(c3cc(-c4ccc(-c5ccc6c7ccccc7c7ccccc7c6c5)cc4)ccc31)c1cccc3cccc2c13. The number of hydrogen-bond acceptors (Lipinski definition) is 0. The van der Waals surface area contributed by atoms with Crippen molar-refractivity contribution in [2.24, 2.45) is 0 Å². The van der Waals surface area contributed by atoms with Crippen molar-refractivity contribution in [1.29, 1.82) is 0 Å². The monoisotopic (exact) mass is 570 g/mol. The van der Waals surface area contributed by atoms with E-state index in [0.29, 0.717) is 0 Å². The number of fused-ring (bicyclic) bond motifs is 10. The van der Waals surface area contributed by atoms with E-state index in [9.17, 15) is 0 Å². The minimum Gasteiger partial charge on any atom is -0.0616 e. The predicted octanol–water partition coefficient (Wildman–Crippen LogP) is 12.2. The number of rotatable bonds is 2. The largest absolute Gasteiger partial charge is 0.0616 e. The maximum atomic E-state index is 2.44. The third kappa shape index (κ3) is 3.32. The lowest BCUT2D eigenvalue weighted by atomic mass is 9.78. The van der Waals surface area contributed by atoms with E-state index in [1.165, 1.54) is 98.7 Å². The molecule has 0 saturated heterocycles. The van der Waals surface area contributed by atoms with Crippen molar-refractivity contribution in [2.45, 2.75) is 19.3 Å². The molecule has 0 bridgehead atoms. The van der Waals surface area contributed by atoms with Gasteiger partial charge in [-0.15, -0.1) is 0 Å². The molecule has 2 aliphatic carbocycles. The van der Waals surface area contributed by atoms with Crippen molar-refractivity contribution < 1.29 is 0 Å². The van der Waals surface area contributed by atoms with E-state index in [0.717, 1.165) is 0 Å². The zero-order chi connectivity index (χ0) is 29.9. The van der Waals surface area contributed by atoms with Crippen molar-refractivity contribution >= 4 is 54.2 Å². The fourth-order valence-electron chi connectivity index (χ4n) is 8.51. The third-order valence-electron chi connectivity index (χ3n) is 10.6. The van der Waals surface area contributed by atoms with E-state index in [1.807, 2.05) is 0 Å². The van der Waals surface area contributed by atoms with E-state index in [4.69, 9.17) is 0 Å². The second-order valence-electron chi connectivity index (χ2n) is 13.3. The van der Waals surface area contributed by atoms with Gasteiger partial charge in [-0.25, -0.2) is 0 Å². The van der Waals surface area contributed by atoms with Crippen LogP contribution in [0.15, 0.2) is 146 Å². The standard InChI is InChI=1S/C45H30/c1-45(2)41-24-22-31(26-40(41)43-37-15-7-9-29-10-8-16-38(42(29)37)44(43)45)28-19-17-27(18-20-28)30-21-23-36-34-13-4-3-11-32(34)33-12-5-6-14-35(33)39(36)25-30/h3-26H,1-2H3. The van der Waals surface area contributed by atoms with Crippen LogP contribution in [0, 0.1) is 0 Å². The highest BCUT2D eigenvalue weighted by Gasteiger charge is 2.43. The summed E-state index contributed by atoms with van der Waals surface area (Å²) in [4.78, 5) is 0. The smallest absolute Gasteiger partial charge is 0.0165 e. The van der Waals surface area contributed by atoms with Crippen LogP contribution in [0.5, 0.6) is 0 Å². The molecule has 0 fully saturated rings. The molecule has 0 saturated carbocycles. The molecule has 0 N–H and O–H groups in total. The average Bonchev–Trinajstić information content (AvgIpc) is 3.56. The minimum atomic E-state index is -0.0358. The zero-order valence-corrected chi connectivity index (χ0v) is 25.4. The molecule has 0 amide bonds. The second-order valence-corrected chi connectivity index (χ2v) is 13.3. The van der Waals surface area contributed by atoms with Crippen molar-refractivity contribution in [3.05, 3.63) is 168 Å². The molecule has 10 rings (SSSR count). The van der Waals surface area contributed by atoms with E-state index in [2.05, 4.69) is 159 Å². The lowest BCUT2D eigenvalue weighted by Gasteiger charge is -2.25. The number of benzene rings is 8. The first-order valence-corrected chi connectivity index (χ1v) is 15.9. The molecule has 0 spiro atoms. The Morgan fingerprint density at radius 1 is 0.378 bits per heavy atom. The Bertz CT molecular complexity index is 2550. The summed E-state index contributed by atoms with van der Waals surface area (Å²) in [6, 6.07) is 54.4. The molecule has 210 valence electrons. The van der Waals surface area contributed by atoms with Crippen molar-refractivity contribution in [1.82, 2.24) is 0 Å². The predicted molar refractivity (Wildman–Crippen MR) is 193 cm³/mol. The molecular formula is C45H30. The average molecular weight is 571 g/mol. The van der Waals surface area contributed by atoms with Crippen LogP contribution >= 0.6 is 0 Å². The topological polar surface area (TPSA) is 0 Å². The van der Waals surface area contributed by atoms with Crippen molar-refractivity contribution in [3.63, 3.8) is 0 Å². The molecule has 0 aromatic heterocycles. The van der Waals surface area contributed by atoms with E-state index >= 15 is 0 Å². The molecule has 0 nitrogen and oxygen atoms in total. The Balaban J connectivity index is 1.07. The van der Waals surface area contributed by atoms with E-state index in [-0.39, 0.29) is 5.41 Å². The van der Waals surface area contributed by atoms with Crippen molar-refractivity contribution in [3.8, 4) is 22.3 Å². The van der Waals surface area contributed by atoms with Gasteiger partial charge in [0.15, 0.2) is 0 Å². The highest BCUT2D eigenvalue weighted by molar-refractivity contribution is 6.26. The highest BCUT2D eigenvalue weighted by atomic mass is 14.5. The van der Waals surface area contributed by atoms with Crippen LogP contribution in [0.4, 0.5) is 0 Å². The molecule has 8 aromatic carbocycles. The van der Waals surface area contributed by atoms with Crippen LogP contribution in [0.25, 0.3) is 76.5 Å². The Labute approximate surface area is 262 Å². The molecule has 0 aliphatic heterocycles. The lowest BCUT2D eigenvalue weighted by Crippen LogP contribution is -2.16. The van der Waals surface area contributed by atoms with Gasteiger partial charge in [0, 0.05) is 5.41 Å². The van der Waals surface area contributed by atoms with Crippen LogP contribution in [0.3, 0.4) is 0 Å². The number of hydrogen-bond donors (Lipinski definition) is 0. The Hall–Kier alpha value is -5.46. The molecule has 0 heterocycles. The second kappa shape index (κ2) is 8.80. The molecule has 8 aromatic rings. The fraction of sp³-hybridized carbons (Fsp3) is 0.0667. The van der Waals surface area contributed by atoms with E-state index < -0.39 is 0 Å². The Morgan fingerprint density at radius 2 is 0.889 bits per heavy atom. The maximum Gasteiger partial charge on any atom is 0.0165 e. The van der Waals surface area contributed by atoms with Gasteiger partial charge in [-0.2, -0.15) is 0 Å². The molecule has 2 aliphatic rings. The molecular weight excluding hydrogens is 540 g/mol. The molecule has 0 atom stereocenters. The summed E-state index contributed by atoms with van der Waals surface area (Å²) in [5.74, 6) is 0. The lowest BCUT2D eigenvalue weighted by molar-refractivity contribution is 0.705. The molecule has 45 heavy (non-hydrogen) atoms. The van der Waals surface area contributed by atoms with Crippen LogP contribution in [-0.2, 0) is 5.41 Å². The van der Waals surface area contributed by atoms with Crippen LogP contribution < -0.4 is 0 Å². The van der Waals surface area contributed by atoms with Gasteiger partial charge in [0.1, 0.15) is 0 Å². The quantitative estimate of drug-likeness (QED) is 0.181. The zero-order valence-electron chi connectivity index (χ0n) is 25.4. The van der Waals surface area contributed by atoms with Gasteiger partial charge in [0.05, 0.1) is 0 Å². The van der Waals surface area contributed by atoms with Gasteiger partial charge in [0.25, 0.3) is 0 Å². The van der Waals surface area contributed by atoms with Crippen LogP contribution in [0.2, 0.25) is 0 Å². The van der Waals surface area contributed by atoms with Gasteiger partial charge in [-0.05, 0) is 111 Å². The van der Waals surface area contributed by atoms with E-state index in [1.54, 1.807) is 0 Å². The first-order chi connectivity index (χ1) is 22.1.